The van der Waals surface area contributed by atoms with Crippen molar-refractivity contribution in [1.29, 1.82) is 0 Å². The first kappa shape index (κ1) is 18.2. The summed E-state index contributed by atoms with van der Waals surface area (Å²) in [6.07, 6.45) is 1.30. The normalized spacial score (nSPS) is 20.4. The molecule has 0 spiro atoms. The van der Waals surface area contributed by atoms with Gasteiger partial charge in [0.05, 0.1) is 11.6 Å². The molecular weight excluding hydrogens is 330 g/mol. The Morgan fingerprint density at radius 2 is 1.88 bits per heavy atom. The van der Waals surface area contributed by atoms with Crippen LogP contribution in [-0.4, -0.2) is 44.3 Å². The summed E-state index contributed by atoms with van der Waals surface area (Å²) in [4.78, 5) is 26.1. The Bertz CT molecular complexity index is 798. The fourth-order valence-corrected chi connectivity index (χ4v) is 3.43. The second-order valence-electron chi connectivity index (χ2n) is 7.28. The number of hydrogen-bond donors (Lipinski definition) is 1. The second-order valence-corrected chi connectivity index (χ2v) is 7.28. The molecule has 0 bridgehead atoms. The number of aliphatic carboxylic acids is 1. The molecule has 1 amide bonds. The molecule has 1 saturated heterocycles. The summed E-state index contributed by atoms with van der Waals surface area (Å²) in [6, 6.07) is 11.6. The van der Waals surface area contributed by atoms with Gasteiger partial charge in [0.2, 0.25) is 0 Å². The van der Waals surface area contributed by atoms with Gasteiger partial charge in [-0.3, -0.25) is 9.59 Å². The number of carboxylic acids is 1. The number of likely N-dealkylation sites (tertiary alicyclic amines) is 1. The van der Waals surface area contributed by atoms with E-state index >= 15 is 0 Å². The number of rotatable bonds is 4. The molecule has 2 heterocycles. The summed E-state index contributed by atoms with van der Waals surface area (Å²) in [5.74, 6) is -1.34. The van der Waals surface area contributed by atoms with Crippen LogP contribution in [0.15, 0.2) is 36.4 Å². The number of amides is 1. The standard InChI is InChI=1S/C20H25N3O3/c1-13(2)18-11-17(21-23(18)16-7-5-4-6-8-16)19(24)22-12-15(20(25)26)10-9-14(22)3/h4-8,11,13-15H,9-10,12H2,1-3H3,(H,25,26). The molecule has 1 N–H and O–H groups in total. The minimum Gasteiger partial charge on any atom is -0.481 e. The van der Waals surface area contributed by atoms with Gasteiger partial charge in [0.1, 0.15) is 0 Å². The quantitative estimate of drug-likeness (QED) is 0.913. The number of nitrogens with zero attached hydrogens (tertiary/aromatic N) is 3. The third-order valence-corrected chi connectivity index (χ3v) is 5.04. The lowest BCUT2D eigenvalue weighted by atomic mass is 9.93. The van der Waals surface area contributed by atoms with Crippen LogP contribution < -0.4 is 0 Å². The number of piperidine rings is 1. The van der Waals surface area contributed by atoms with E-state index in [1.807, 2.05) is 43.3 Å². The summed E-state index contributed by atoms with van der Waals surface area (Å²) in [5.41, 5.74) is 2.24. The molecule has 6 nitrogen and oxygen atoms in total. The van der Waals surface area contributed by atoms with Crippen molar-refractivity contribution in [3.05, 3.63) is 47.8 Å². The van der Waals surface area contributed by atoms with Gasteiger partial charge in [-0.05, 0) is 43.9 Å². The Kier molecular flexibility index (Phi) is 5.11. The van der Waals surface area contributed by atoms with E-state index in [1.165, 1.54) is 0 Å². The van der Waals surface area contributed by atoms with Crippen LogP contribution in [0, 0.1) is 5.92 Å². The van der Waals surface area contributed by atoms with Gasteiger partial charge in [0.25, 0.3) is 5.91 Å². The van der Waals surface area contributed by atoms with Gasteiger partial charge in [-0.2, -0.15) is 5.10 Å². The number of para-hydroxylation sites is 1. The van der Waals surface area contributed by atoms with Crippen LogP contribution in [0.2, 0.25) is 0 Å². The van der Waals surface area contributed by atoms with Crippen LogP contribution >= 0.6 is 0 Å². The minimum atomic E-state index is -0.840. The lowest BCUT2D eigenvalue weighted by Crippen LogP contribution is -2.47. The van der Waals surface area contributed by atoms with Crippen LogP contribution in [0.4, 0.5) is 0 Å². The fraction of sp³-hybridized carbons (Fsp3) is 0.450. The number of aromatic nitrogens is 2. The number of carbonyl (C=O) groups is 2. The van der Waals surface area contributed by atoms with Crippen LogP contribution in [0.5, 0.6) is 0 Å². The molecule has 6 heteroatoms. The Labute approximate surface area is 153 Å². The molecule has 2 unspecified atom stereocenters. The SMILES string of the molecule is CC(C)c1cc(C(=O)N2CC(C(=O)O)CCC2C)nn1-c1ccccc1. The lowest BCUT2D eigenvalue weighted by molar-refractivity contribution is -0.143. The van der Waals surface area contributed by atoms with Crippen molar-refractivity contribution in [2.75, 3.05) is 6.54 Å². The van der Waals surface area contributed by atoms with Crippen molar-refractivity contribution < 1.29 is 14.7 Å². The summed E-state index contributed by atoms with van der Waals surface area (Å²) < 4.78 is 1.81. The van der Waals surface area contributed by atoms with Gasteiger partial charge < -0.3 is 10.0 Å². The van der Waals surface area contributed by atoms with Crippen molar-refractivity contribution in [3.63, 3.8) is 0 Å². The Morgan fingerprint density at radius 1 is 1.19 bits per heavy atom. The van der Waals surface area contributed by atoms with Crippen molar-refractivity contribution in [1.82, 2.24) is 14.7 Å². The third kappa shape index (κ3) is 3.49. The maximum atomic E-state index is 13.1. The van der Waals surface area contributed by atoms with E-state index in [1.54, 1.807) is 9.58 Å². The topological polar surface area (TPSA) is 75.4 Å². The minimum absolute atomic E-state index is 0.0162. The molecule has 0 radical (unpaired) electrons. The first-order chi connectivity index (χ1) is 12.4. The van der Waals surface area contributed by atoms with Crippen molar-refractivity contribution in [2.24, 2.45) is 5.92 Å². The molecule has 1 fully saturated rings. The van der Waals surface area contributed by atoms with E-state index in [2.05, 4.69) is 18.9 Å². The van der Waals surface area contributed by atoms with Crippen LogP contribution in [0.25, 0.3) is 5.69 Å². The highest BCUT2D eigenvalue weighted by atomic mass is 16.4. The zero-order chi connectivity index (χ0) is 18.8. The lowest BCUT2D eigenvalue weighted by Gasteiger charge is -2.36. The number of carboxylic acid groups (broad SMARTS) is 1. The molecule has 2 aromatic rings. The summed E-state index contributed by atoms with van der Waals surface area (Å²) >= 11 is 0. The highest BCUT2D eigenvalue weighted by Crippen LogP contribution is 2.26. The maximum absolute atomic E-state index is 13.1. The summed E-state index contributed by atoms with van der Waals surface area (Å²) in [5, 5.41) is 13.9. The number of benzene rings is 1. The van der Waals surface area contributed by atoms with E-state index in [0.29, 0.717) is 18.5 Å². The van der Waals surface area contributed by atoms with E-state index in [9.17, 15) is 14.7 Å². The van der Waals surface area contributed by atoms with E-state index in [0.717, 1.165) is 11.4 Å². The van der Waals surface area contributed by atoms with Crippen LogP contribution in [0.1, 0.15) is 55.7 Å². The monoisotopic (exact) mass is 355 g/mol. The van der Waals surface area contributed by atoms with Crippen LogP contribution in [-0.2, 0) is 4.79 Å². The van der Waals surface area contributed by atoms with Crippen molar-refractivity contribution >= 4 is 11.9 Å². The first-order valence-electron chi connectivity index (χ1n) is 9.07. The second kappa shape index (κ2) is 7.32. The number of hydrogen-bond acceptors (Lipinski definition) is 3. The van der Waals surface area contributed by atoms with Gasteiger partial charge in [-0.1, -0.05) is 32.0 Å². The average molecular weight is 355 g/mol. The molecule has 1 aromatic carbocycles. The maximum Gasteiger partial charge on any atom is 0.308 e. The molecule has 0 aliphatic carbocycles. The van der Waals surface area contributed by atoms with E-state index < -0.39 is 11.9 Å². The summed E-state index contributed by atoms with van der Waals surface area (Å²) in [6.45, 7) is 6.33. The predicted molar refractivity (Wildman–Crippen MR) is 98.5 cm³/mol. The molecule has 1 aliphatic rings. The molecule has 26 heavy (non-hydrogen) atoms. The zero-order valence-corrected chi connectivity index (χ0v) is 15.4. The fourth-order valence-electron chi connectivity index (χ4n) is 3.43. The molecular formula is C20H25N3O3. The van der Waals surface area contributed by atoms with E-state index in [4.69, 9.17) is 0 Å². The van der Waals surface area contributed by atoms with Crippen LogP contribution in [0.3, 0.4) is 0 Å². The molecule has 1 aromatic heterocycles. The molecule has 0 saturated carbocycles. The Hall–Kier alpha value is -2.63. The third-order valence-electron chi connectivity index (χ3n) is 5.04. The first-order valence-corrected chi connectivity index (χ1v) is 9.07. The van der Waals surface area contributed by atoms with Gasteiger partial charge in [0, 0.05) is 18.3 Å². The highest BCUT2D eigenvalue weighted by Gasteiger charge is 2.34. The number of carbonyl (C=O) groups excluding carboxylic acids is 1. The Balaban J connectivity index is 1.93. The predicted octanol–water partition coefficient (Wildman–Crippen LogP) is 3.32. The smallest absolute Gasteiger partial charge is 0.308 e. The van der Waals surface area contributed by atoms with Crippen molar-refractivity contribution in [2.45, 2.75) is 45.6 Å². The zero-order valence-electron chi connectivity index (χ0n) is 15.4. The highest BCUT2D eigenvalue weighted by molar-refractivity contribution is 5.93. The van der Waals surface area contributed by atoms with Gasteiger partial charge in [-0.25, -0.2) is 4.68 Å². The molecule has 1 aliphatic heterocycles. The summed E-state index contributed by atoms with van der Waals surface area (Å²) in [7, 11) is 0. The van der Waals surface area contributed by atoms with Gasteiger partial charge in [0.15, 0.2) is 5.69 Å². The molecule has 138 valence electrons. The van der Waals surface area contributed by atoms with Gasteiger partial charge >= 0.3 is 5.97 Å². The average Bonchev–Trinajstić information content (AvgIpc) is 3.08. The van der Waals surface area contributed by atoms with Crippen molar-refractivity contribution in [3.8, 4) is 5.69 Å². The molecule has 3 rings (SSSR count). The Morgan fingerprint density at radius 3 is 2.50 bits per heavy atom. The molecule has 2 atom stereocenters. The largest absolute Gasteiger partial charge is 0.481 e. The van der Waals surface area contributed by atoms with E-state index in [-0.39, 0.29) is 24.4 Å². The van der Waals surface area contributed by atoms with Gasteiger partial charge in [-0.15, -0.1) is 0 Å².